The standard InChI is InChI=1S/C13H11NO3/c1-2-5-12(15)14-10-7-4-3-6-9(10)8-11(14)13(16)17/h3-4,6-7,11H,8H2,1H3,(H,16,17)/t11-/m0/s1. The van der Waals surface area contributed by atoms with Crippen molar-refractivity contribution in [1.29, 1.82) is 0 Å². The molecule has 4 nitrogen and oxygen atoms in total. The number of para-hydroxylation sites is 1. The lowest BCUT2D eigenvalue weighted by molar-refractivity contribution is -0.139. The molecule has 0 bridgehead atoms. The van der Waals surface area contributed by atoms with Crippen LogP contribution in [0.3, 0.4) is 0 Å². The Balaban J connectivity index is 2.46. The fraction of sp³-hybridized carbons (Fsp3) is 0.231. The highest BCUT2D eigenvalue weighted by Crippen LogP contribution is 2.31. The molecular weight excluding hydrogens is 218 g/mol. The average Bonchev–Trinajstić information content (AvgIpc) is 2.68. The number of hydrogen-bond acceptors (Lipinski definition) is 2. The van der Waals surface area contributed by atoms with Crippen LogP contribution in [0.25, 0.3) is 0 Å². The summed E-state index contributed by atoms with van der Waals surface area (Å²) in [5.74, 6) is 3.41. The molecule has 0 radical (unpaired) electrons. The van der Waals surface area contributed by atoms with Gasteiger partial charge in [0.1, 0.15) is 6.04 Å². The Hall–Kier alpha value is -2.28. The number of carbonyl (C=O) groups excluding carboxylic acids is 1. The van der Waals surface area contributed by atoms with Gasteiger partial charge in [-0.1, -0.05) is 24.1 Å². The molecule has 0 saturated heterocycles. The molecule has 0 aromatic heterocycles. The first-order chi connectivity index (χ1) is 8.15. The molecule has 1 atom stereocenters. The van der Waals surface area contributed by atoms with Crippen molar-refractivity contribution in [2.75, 3.05) is 4.90 Å². The van der Waals surface area contributed by atoms with Crippen LogP contribution in [-0.2, 0) is 16.0 Å². The van der Waals surface area contributed by atoms with E-state index in [0.717, 1.165) is 5.56 Å². The molecule has 0 spiro atoms. The summed E-state index contributed by atoms with van der Waals surface area (Å²) in [5, 5.41) is 9.13. The summed E-state index contributed by atoms with van der Waals surface area (Å²) in [6.07, 6.45) is 0.336. The van der Waals surface area contributed by atoms with Crippen LogP contribution in [0.4, 0.5) is 5.69 Å². The minimum absolute atomic E-state index is 0.336. The molecule has 4 heteroatoms. The molecule has 0 fully saturated rings. The van der Waals surface area contributed by atoms with E-state index >= 15 is 0 Å². The zero-order valence-corrected chi connectivity index (χ0v) is 9.30. The number of amides is 1. The van der Waals surface area contributed by atoms with Crippen molar-refractivity contribution in [2.45, 2.75) is 19.4 Å². The Morgan fingerprint density at radius 2 is 2.12 bits per heavy atom. The number of rotatable bonds is 1. The number of hydrogen-bond donors (Lipinski definition) is 1. The van der Waals surface area contributed by atoms with Crippen molar-refractivity contribution < 1.29 is 14.7 Å². The maximum atomic E-state index is 11.8. The van der Waals surface area contributed by atoms with Gasteiger partial charge in [0.25, 0.3) is 0 Å². The van der Waals surface area contributed by atoms with Crippen LogP contribution in [0.1, 0.15) is 12.5 Å². The van der Waals surface area contributed by atoms with Crippen LogP contribution < -0.4 is 4.90 Å². The monoisotopic (exact) mass is 229 g/mol. The predicted octanol–water partition coefficient (Wildman–Crippen LogP) is 1.05. The van der Waals surface area contributed by atoms with Crippen LogP contribution in [0.5, 0.6) is 0 Å². The van der Waals surface area contributed by atoms with Crippen LogP contribution >= 0.6 is 0 Å². The predicted molar refractivity (Wildman–Crippen MR) is 62.5 cm³/mol. The summed E-state index contributed by atoms with van der Waals surface area (Å²) in [5.41, 5.74) is 1.51. The van der Waals surface area contributed by atoms with Crippen LogP contribution in [0.15, 0.2) is 24.3 Å². The smallest absolute Gasteiger partial charge is 0.327 e. The van der Waals surface area contributed by atoms with Gasteiger partial charge >= 0.3 is 11.9 Å². The molecule has 1 aliphatic rings. The Labute approximate surface area is 98.9 Å². The third-order valence-corrected chi connectivity index (χ3v) is 2.71. The van der Waals surface area contributed by atoms with E-state index in [-0.39, 0.29) is 0 Å². The van der Waals surface area contributed by atoms with E-state index in [4.69, 9.17) is 5.11 Å². The lowest BCUT2D eigenvalue weighted by atomic mass is 10.1. The normalized spacial score (nSPS) is 17.0. The van der Waals surface area contributed by atoms with Gasteiger partial charge in [-0.25, -0.2) is 4.79 Å². The summed E-state index contributed by atoms with van der Waals surface area (Å²) in [6.45, 7) is 1.55. The third kappa shape index (κ3) is 1.87. The average molecular weight is 229 g/mol. The summed E-state index contributed by atoms with van der Waals surface area (Å²) in [6, 6.07) is 6.34. The largest absolute Gasteiger partial charge is 0.480 e. The van der Waals surface area contributed by atoms with Gasteiger partial charge in [0.2, 0.25) is 0 Å². The molecule has 2 rings (SSSR count). The lowest BCUT2D eigenvalue weighted by Crippen LogP contribution is -2.42. The maximum absolute atomic E-state index is 11.8. The van der Waals surface area contributed by atoms with E-state index in [1.54, 1.807) is 19.1 Å². The molecule has 1 aromatic rings. The van der Waals surface area contributed by atoms with E-state index in [0.29, 0.717) is 12.1 Å². The first kappa shape index (κ1) is 11.2. The van der Waals surface area contributed by atoms with E-state index in [2.05, 4.69) is 11.8 Å². The third-order valence-electron chi connectivity index (χ3n) is 2.71. The molecule has 1 amide bonds. The molecule has 1 heterocycles. The number of nitrogens with zero attached hydrogens (tertiary/aromatic N) is 1. The number of carboxylic acid groups (broad SMARTS) is 1. The second-order valence-corrected chi connectivity index (χ2v) is 3.74. The van der Waals surface area contributed by atoms with Gasteiger partial charge in [-0.15, -0.1) is 0 Å². The van der Waals surface area contributed by atoms with E-state index in [1.807, 2.05) is 12.1 Å². The van der Waals surface area contributed by atoms with Crippen molar-refractivity contribution in [2.24, 2.45) is 0 Å². The van der Waals surface area contributed by atoms with E-state index in [9.17, 15) is 9.59 Å². The van der Waals surface area contributed by atoms with Gasteiger partial charge in [0.05, 0.1) is 0 Å². The van der Waals surface area contributed by atoms with Gasteiger partial charge in [0, 0.05) is 12.1 Å². The molecule has 86 valence electrons. The van der Waals surface area contributed by atoms with E-state index in [1.165, 1.54) is 4.90 Å². The molecule has 0 aliphatic carbocycles. The Kier molecular flexibility index (Phi) is 2.84. The first-order valence-electron chi connectivity index (χ1n) is 5.22. The number of benzene rings is 1. The Bertz CT molecular complexity index is 539. The van der Waals surface area contributed by atoms with Gasteiger partial charge in [-0.2, -0.15) is 0 Å². The zero-order chi connectivity index (χ0) is 12.4. The highest BCUT2D eigenvalue weighted by atomic mass is 16.4. The molecule has 0 unspecified atom stereocenters. The van der Waals surface area contributed by atoms with Crippen molar-refractivity contribution in [3.05, 3.63) is 29.8 Å². The number of anilines is 1. The van der Waals surface area contributed by atoms with Crippen LogP contribution in [0.2, 0.25) is 0 Å². The highest BCUT2D eigenvalue weighted by Gasteiger charge is 2.37. The minimum atomic E-state index is -1.01. The molecule has 1 aliphatic heterocycles. The maximum Gasteiger partial charge on any atom is 0.327 e. The van der Waals surface area contributed by atoms with Crippen molar-refractivity contribution >= 4 is 17.6 Å². The Morgan fingerprint density at radius 3 is 2.76 bits per heavy atom. The molecule has 0 saturated carbocycles. The molecule has 17 heavy (non-hydrogen) atoms. The molecule has 1 aromatic carbocycles. The summed E-state index contributed by atoms with van der Waals surface area (Å²) in [7, 11) is 0. The van der Waals surface area contributed by atoms with Crippen molar-refractivity contribution in [3.63, 3.8) is 0 Å². The zero-order valence-electron chi connectivity index (χ0n) is 9.30. The SMILES string of the molecule is CC#CC(=O)N1c2ccccc2C[C@H]1C(=O)O. The highest BCUT2D eigenvalue weighted by molar-refractivity contribution is 6.10. The van der Waals surface area contributed by atoms with Gasteiger partial charge in [0.15, 0.2) is 0 Å². The summed E-state index contributed by atoms with van der Waals surface area (Å²) in [4.78, 5) is 24.2. The summed E-state index contributed by atoms with van der Waals surface area (Å²) < 4.78 is 0. The number of carbonyl (C=O) groups is 2. The van der Waals surface area contributed by atoms with Gasteiger partial charge < -0.3 is 5.11 Å². The second kappa shape index (κ2) is 4.30. The molecular formula is C13H11NO3. The lowest BCUT2D eigenvalue weighted by Gasteiger charge is -2.19. The molecule has 1 N–H and O–H groups in total. The minimum Gasteiger partial charge on any atom is -0.480 e. The van der Waals surface area contributed by atoms with Gasteiger partial charge in [-0.05, 0) is 24.5 Å². The number of carboxylic acids is 1. The fourth-order valence-electron chi connectivity index (χ4n) is 2.00. The number of fused-ring (bicyclic) bond motifs is 1. The van der Waals surface area contributed by atoms with Crippen molar-refractivity contribution in [3.8, 4) is 11.8 Å². The van der Waals surface area contributed by atoms with E-state index < -0.39 is 17.9 Å². The first-order valence-corrected chi connectivity index (χ1v) is 5.22. The fourth-order valence-corrected chi connectivity index (χ4v) is 2.00. The van der Waals surface area contributed by atoms with Crippen LogP contribution in [-0.4, -0.2) is 23.0 Å². The van der Waals surface area contributed by atoms with Crippen LogP contribution in [0, 0.1) is 11.8 Å². The summed E-state index contributed by atoms with van der Waals surface area (Å²) >= 11 is 0. The second-order valence-electron chi connectivity index (χ2n) is 3.74. The number of aliphatic carboxylic acids is 1. The quantitative estimate of drug-likeness (QED) is 0.732. The van der Waals surface area contributed by atoms with Crippen molar-refractivity contribution in [1.82, 2.24) is 0 Å². The topological polar surface area (TPSA) is 57.6 Å². The Morgan fingerprint density at radius 1 is 1.41 bits per heavy atom. The van der Waals surface area contributed by atoms with Gasteiger partial charge in [-0.3, -0.25) is 9.69 Å².